The van der Waals surface area contributed by atoms with Crippen LogP contribution in [0.25, 0.3) is 11.1 Å². The number of nitrogens with zero attached hydrogens (tertiary/aromatic N) is 1. The Balaban J connectivity index is 2.44. The van der Waals surface area contributed by atoms with E-state index < -0.39 is 0 Å². The molecule has 0 spiro atoms. The molecule has 1 heterocycles. The number of benzene rings is 1. The van der Waals surface area contributed by atoms with E-state index in [0.717, 1.165) is 22.4 Å². The number of aromatic nitrogens is 1. The summed E-state index contributed by atoms with van der Waals surface area (Å²) in [6.45, 7) is 2.49. The predicted octanol–water partition coefficient (Wildman–Crippen LogP) is 2.65. The van der Waals surface area contributed by atoms with Crippen molar-refractivity contribution in [1.29, 1.82) is 0 Å². The number of rotatable bonds is 5. The van der Waals surface area contributed by atoms with Crippen LogP contribution in [-0.4, -0.2) is 23.8 Å². The van der Waals surface area contributed by atoms with E-state index >= 15 is 0 Å². The van der Waals surface area contributed by atoms with E-state index in [1.54, 1.807) is 19.5 Å². The number of methoxy groups -OCH3 is 1. The van der Waals surface area contributed by atoms with Gasteiger partial charge in [-0.3, -0.25) is 4.98 Å². The molecule has 0 radical (unpaired) electrons. The fourth-order valence-electron chi connectivity index (χ4n) is 1.86. The van der Waals surface area contributed by atoms with E-state index in [1.165, 1.54) is 0 Å². The molecule has 0 atom stereocenters. The van der Waals surface area contributed by atoms with Crippen LogP contribution >= 0.6 is 0 Å². The largest absolute Gasteiger partial charge is 0.495 e. The van der Waals surface area contributed by atoms with Crippen LogP contribution in [0.3, 0.4) is 0 Å². The molecular weight excluding hydrogens is 242 g/mol. The summed E-state index contributed by atoms with van der Waals surface area (Å²) in [7, 11) is 1.61. The summed E-state index contributed by atoms with van der Waals surface area (Å²) in [5.74, 6) is 1.44. The minimum Gasteiger partial charge on any atom is -0.495 e. The Labute approximate surface area is 112 Å². The van der Waals surface area contributed by atoms with Crippen molar-refractivity contribution in [3.05, 3.63) is 42.2 Å². The van der Waals surface area contributed by atoms with Gasteiger partial charge in [-0.15, -0.1) is 0 Å². The molecule has 0 saturated carbocycles. The van der Waals surface area contributed by atoms with Crippen molar-refractivity contribution >= 4 is 0 Å². The Morgan fingerprint density at radius 1 is 1.05 bits per heavy atom. The lowest BCUT2D eigenvalue weighted by Crippen LogP contribution is -1.94. The van der Waals surface area contributed by atoms with Gasteiger partial charge in [0.25, 0.3) is 0 Å². The van der Waals surface area contributed by atoms with Crippen LogP contribution in [0, 0.1) is 0 Å². The molecule has 2 aromatic rings. The minimum atomic E-state index is -0.0225. The summed E-state index contributed by atoms with van der Waals surface area (Å²) < 4.78 is 10.7. The molecule has 0 aliphatic rings. The number of hydrogen-bond acceptors (Lipinski definition) is 4. The van der Waals surface area contributed by atoms with Crippen molar-refractivity contribution in [3.63, 3.8) is 0 Å². The molecule has 1 aromatic carbocycles. The van der Waals surface area contributed by atoms with Gasteiger partial charge in [0.1, 0.15) is 11.5 Å². The quantitative estimate of drug-likeness (QED) is 0.896. The molecule has 0 aliphatic heterocycles. The van der Waals surface area contributed by atoms with Gasteiger partial charge >= 0.3 is 0 Å². The monoisotopic (exact) mass is 259 g/mol. The molecule has 0 fully saturated rings. The highest BCUT2D eigenvalue weighted by atomic mass is 16.5. The van der Waals surface area contributed by atoms with Crippen LogP contribution in [0.15, 0.2) is 36.7 Å². The maximum absolute atomic E-state index is 9.31. The highest BCUT2D eigenvalue weighted by molar-refractivity contribution is 5.66. The molecule has 1 aromatic heterocycles. The first-order valence-electron chi connectivity index (χ1n) is 6.14. The lowest BCUT2D eigenvalue weighted by Gasteiger charge is -2.10. The molecule has 4 heteroatoms. The average molecular weight is 259 g/mol. The zero-order valence-electron chi connectivity index (χ0n) is 11.1. The summed E-state index contributed by atoms with van der Waals surface area (Å²) >= 11 is 0. The molecule has 0 amide bonds. The molecule has 2 rings (SSSR count). The van der Waals surface area contributed by atoms with E-state index in [-0.39, 0.29) is 6.61 Å². The first-order chi connectivity index (χ1) is 9.26. The van der Waals surface area contributed by atoms with Gasteiger partial charge in [-0.1, -0.05) is 0 Å². The minimum absolute atomic E-state index is 0.0225. The molecule has 19 heavy (non-hydrogen) atoms. The van der Waals surface area contributed by atoms with E-state index in [4.69, 9.17) is 9.47 Å². The van der Waals surface area contributed by atoms with E-state index in [1.807, 2.05) is 31.2 Å². The average Bonchev–Trinajstić information content (AvgIpc) is 2.47. The molecule has 1 N–H and O–H groups in total. The van der Waals surface area contributed by atoms with Gasteiger partial charge in [0.2, 0.25) is 0 Å². The third-order valence-corrected chi connectivity index (χ3v) is 2.74. The molecule has 4 nitrogen and oxygen atoms in total. The zero-order chi connectivity index (χ0) is 13.7. The highest BCUT2D eigenvalue weighted by Crippen LogP contribution is 2.28. The maximum atomic E-state index is 9.31. The normalized spacial score (nSPS) is 10.3. The van der Waals surface area contributed by atoms with Crippen molar-refractivity contribution in [1.82, 2.24) is 4.98 Å². The van der Waals surface area contributed by atoms with Crippen LogP contribution in [0.1, 0.15) is 12.5 Å². The highest BCUT2D eigenvalue weighted by Gasteiger charge is 2.05. The second-order valence-corrected chi connectivity index (χ2v) is 4.07. The first kappa shape index (κ1) is 13.4. The van der Waals surface area contributed by atoms with Crippen LogP contribution in [0.5, 0.6) is 11.5 Å². The Kier molecular flexibility index (Phi) is 4.36. The summed E-state index contributed by atoms with van der Waals surface area (Å²) in [4.78, 5) is 4.13. The van der Waals surface area contributed by atoms with Crippen molar-refractivity contribution in [2.75, 3.05) is 13.7 Å². The van der Waals surface area contributed by atoms with Gasteiger partial charge in [-0.05, 0) is 42.3 Å². The Morgan fingerprint density at radius 2 is 1.84 bits per heavy atom. The fraction of sp³-hybridized carbons (Fsp3) is 0.267. The topological polar surface area (TPSA) is 51.6 Å². The third kappa shape index (κ3) is 3.23. The molecule has 100 valence electrons. The summed E-state index contributed by atoms with van der Waals surface area (Å²) in [5.41, 5.74) is 2.68. The van der Waals surface area contributed by atoms with Crippen LogP contribution < -0.4 is 9.47 Å². The Bertz CT molecular complexity index is 555. The number of pyridine rings is 1. The third-order valence-electron chi connectivity index (χ3n) is 2.74. The van der Waals surface area contributed by atoms with Crippen molar-refractivity contribution in [3.8, 4) is 22.6 Å². The van der Waals surface area contributed by atoms with Crippen LogP contribution in [0.4, 0.5) is 0 Å². The lowest BCUT2D eigenvalue weighted by molar-refractivity contribution is 0.280. The van der Waals surface area contributed by atoms with Crippen LogP contribution in [-0.2, 0) is 6.61 Å². The van der Waals surface area contributed by atoms with Gasteiger partial charge < -0.3 is 14.6 Å². The van der Waals surface area contributed by atoms with Crippen molar-refractivity contribution in [2.24, 2.45) is 0 Å². The second-order valence-electron chi connectivity index (χ2n) is 4.07. The number of aliphatic hydroxyl groups excluding tert-OH is 1. The standard InChI is InChI=1S/C15H17NO3/c1-3-19-14-5-11(10-17)4-12(6-14)13-7-15(18-2)9-16-8-13/h4-9,17H,3,10H2,1-2H3. The SMILES string of the molecule is CCOc1cc(CO)cc(-c2cncc(OC)c2)c1. The molecule has 0 bridgehead atoms. The van der Waals surface area contributed by atoms with E-state index in [0.29, 0.717) is 12.4 Å². The summed E-state index contributed by atoms with van der Waals surface area (Å²) in [6, 6.07) is 7.58. The van der Waals surface area contributed by atoms with Gasteiger partial charge in [0.15, 0.2) is 0 Å². The first-order valence-corrected chi connectivity index (χ1v) is 6.14. The Morgan fingerprint density at radius 3 is 2.53 bits per heavy atom. The smallest absolute Gasteiger partial charge is 0.137 e. The molecular formula is C15H17NO3. The van der Waals surface area contributed by atoms with Gasteiger partial charge in [0, 0.05) is 11.8 Å². The zero-order valence-corrected chi connectivity index (χ0v) is 11.1. The number of aliphatic hydroxyl groups is 1. The summed E-state index contributed by atoms with van der Waals surface area (Å²) in [6.07, 6.45) is 3.41. The summed E-state index contributed by atoms with van der Waals surface area (Å²) in [5, 5.41) is 9.31. The number of ether oxygens (including phenoxy) is 2. The lowest BCUT2D eigenvalue weighted by atomic mass is 10.0. The fourth-order valence-corrected chi connectivity index (χ4v) is 1.86. The van der Waals surface area contributed by atoms with Gasteiger partial charge in [0.05, 0.1) is 26.5 Å². The molecule has 0 unspecified atom stereocenters. The predicted molar refractivity (Wildman–Crippen MR) is 73.3 cm³/mol. The molecule has 0 aliphatic carbocycles. The van der Waals surface area contributed by atoms with Crippen LogP contribution in [0.2, 0.25) is 0 Å². The van der Waals surface area contributed by atoms with E-state index in [2.05, 4.69) is 4.98 Å². The van der Waals surface area contributed by atoms with Crippen molar-refractivity contribution < 1.29 is 14.6 Å². The molecule has 0 saturated heterocycles. The Hall–Kier alpha value is -2.07. The van der Waals surface area contributed by atoms with E-state index in [9.17, 15) is 5.11 Å². The van der Waals surface area contributed by atoms with Gasteiger partial charge in [-0.2, -0.15) is 0 Å². The van der Waals surface area contributed by atoms with Crippen molar-refractivity contribution in [2.45, 2.75) is 13.5 Å². The maximum Gasteiger partial charge on any atom is 0.137 e. The second kappa shape index (κ2) is 6.20. The number of hydrogen-bond donors (Lipinski definition) is 1. The van der Waals surface area contributed by atoms with Gasteiger partial charge in [-0.25, -0.2) is 0 Å².